The fourth-order valence-corrected chi connectivity index (χ4v) is 2.59. The second-order valence-electron chi connectivity index (χ2n) is 5.99. The predicted molar refractivity (Wildman–Crippen MR) is 102 cm³/mol. The van der Waals surface area contributed by atoms with E-state index in [1.807, 2.05) is 60.7 Å². The molecule has 3 rings (SSSR count). The lowest BCUT2D eigenvalue weighted by Crippen LogP contribution is -2.42. The van der Waals surface area contributed by atoms with E-state index in [0.29, 0.717) is 17.1 Å². The second-order valence-corrected chi connectivity index (χ2v) is 5.99. The van der Waals surface area contributed by atoms with Crippen molar-refractivity contribution in [2.75, 3.05) is 0 Å². The van der Waals surface area contributed by atoms with E-state index in [4.69, 9.17) is 4.74 Å². The van der Waals surface area contributed by atoms with Gasteiger partial charge < -0.3 is 15.2 Å². The Morgan fingerprint density at radius 2 is 1.37 bits per heavy atom. The average Bonchev–Trinajstić information content (AvgIpc) is 2.69. The van der Waals surface area contributed by atoms with E-state index in [1.54, 1.807) is 24.3 Å². The number of ether oxygens (including phenoxy) is 1. The number of amides is 1. The highest BCUT2D eigenvalue weighted by molar-refractivity contribution is 5.96. The van der Waals surface area contributed by atoms with Crippen LogP contribution in [0.15, 0.2) is 84.9 Å². The Labute approximate surface area is 157 Å². The molecule has 0 saturated heterocycles. The lowest BCUT2D eigenvalue weighted by Gasteiger charge is -2.15. The summed E-state index contributed by atoms with van der Waals surface area (Å²) in [6, 6.07) is 24.1. The van der Waals surface area contributed by atoms with Crippen molar-refractivity contribution in [3.8, 4) is 11.5 Å². The molecular formula is C22H19NO4. The minimum Gasteiger partial charge on any atom is -0.480 e. The second kappa shape index (κ2) is 8.67. The van der Waals surface area contributed by atoms with Gasteiger partial charge in [0, 0.05) is 12.0 Å². The summed E-state index contributed by atoms with van der Waals surface area (Å²) in [5, 5.41) is 12.0. The smallest absolute Gasteiger partial charge is 0.326 e. The molecule has 1 unspecified atom stereocenters. The normalized spacial score (nSPS) is 11.4. The van der Waals surface area contributed by atoms with Crippen LogP contribution in [0.2, 0.25) is 0 Å². The molecule has 1 amide bonds. The number of rotatable bonds is 7. The van der Waals surface area contributed by atoms with Gasteiger partial charge in [-0.1, -0.05) is 48.5 Å². The van der Waals surface area contributed by atoms with E-state index in [9.17, 15) is 14.7 Å². The van der Waals surface area contributed by atoms with Gasteiger partial charge in [0.2, 0.25) is 0 Å². The summed E-state index contributed by atoms with van der Waals surface area (Å²) in [4.78, 5) is 23.9. The zero-order valence-corrected chi connectivity index (χ0v) is 14.5. The third-order valence-electron chi connectivity index (χ3n) is 3.98. The summed E-state index contributed by atoms with van der Waals surface area (Å²) in [7, 11) is 0. The first kappa shape index (κ1) is 18.2. The maximum Gasteiger partial charge on any atom is 0.326 e. The molecule has 2 N–H and O–H groups in total. The highest BCUT2D eigenvalue weighted by atomic mass is 16.5. The number of hydrogen-bond acceptors (Lipinski definition) is 3. The average molecular weight is 361 g/mol. The third-order valence-corrected chi connectivity index (χ3v) is 3.98. The van der Waals surface area contributed by atoms with E-state index in [-0.39, 0.29) is 6.42 Å². The highest BCUT2D eigenvalue weighted by Gasteiger charge is 2.21. The van der Waals surface area contributed by atoms with Gasteiger partial charge >= 0.3 is 5.97 Å². The topological polar surface area (TPSA) is 75.6 Å². The van der Waals surface area contributed by atoms with Crippen LogP contribution >= 0.6 is 0 Å². The molecule has 0 aromatic heterocycles. The molecule has 136 valence electrons. The third kappa shape index (κ3) is 5.19. The summed E-state index contributed by atoms with van der Waals surface area (Å²) in [5.41, 5.74) is 1.21. The summed E-state index contributed by atoms with van der Waals surface area (Å²) >= 11 is 0. The van der Waals surface area contributed by atoms with Gasteiger partial charge in [-0.15, -0.1) is 0 Å². The van der Waals surface area contributed by atoms with Gasteiger partial charge in [0.05, 0.1) is 0 Å². The van der Waals surface area contributed by atoms with Crippen molar-refractivity contribution in [1.82, 2.24) is 5.32 Å². The molecule has 0 aliphatic carbocycles. The molecule has 0 radical (unpaired) electrons. The van der Waals surface area contributed by atoms with Crippen LogP contribution in [0.25, 0.3) is 0 Å². The lowest BCUT2D eigenvalue weighted by atomic mass is 10.1. The maximum absolute atomic E-state index is 12.4. The van der Waals surface area contributed by atoms with Crippen molar-refractivity contribution in [3.63, 3.8) is 0 Å². The monoisotopic (exact) mass is 361 g/mol. The van der Waals surface area contributed by atoms with Gasteiger partial charge in [-0.05, 0) is 42.0 Å². The fourth-order valence-electron chi connectivity index (χ4n) is 2.59. The van der Waals surface area contributed by atoms with Crippen LogP contribution in [-0.4, -0.2) is 23.0 Å². The van der Waals surface area contributed by atoms with Crippen LogP contribution in [0.5, 0.6) is 11.5 Å². The molecule has 0 bridgehead atoms. The van der Waals surface area contributed by atoms with Crippen molar-refractivity contribution >= 4 is 11.9 Å². The Morgan fingerprint density at radius 1 is 0.815 bits per heavy atom. The highest BCUT2D eigenvalue weighted by Crippen LogP contribution is 2.21. The molecular weight excluding hydrogens is 342 g/mol. The molecule has 0 spiro atoms. The van der Waals surface area contributed by atoms with Crippen molar-refractivity contribution in [2.24, 2.45) is 0 Å². The van der Waals surface area contributed by atoms with Crippen molar-refractivity contribution in [2.45, 2.75) is 12.5 Å². The fraction of sp³-hybridized carbons (Fsp3) is 0.0909. The van der Waals surface area contributed by atoms with Crippen molar-refractivity contribution < 1.29 is 19.4 Å². The van der Waals surface area contributed by atoms with Gasteiger partial charge in [-0.3, -0.25) is 4.79 Å². The van der Waals surface area contributed by atoms with Crippen LogP contribution in [0.4, 0.5) is 0 Å². The first-order chi connectivity index (χ1) is 13.1. The molecule has 27 heavy (non-hydrogen) atoms. The standard InChI is InChI=1S/C22H19NO4/c24-21(23-20(22(25)26)15-16-7-3-1-4-8-16)17-11-13-19(14-12-17)27-18-9-5-2-6-10-18/h1-14,20H,15H2,(H,23,24)(H,25,26). The number of para-hydroxylation sites is 1. The number of benzene rings is 3. The Kier molecular flexibility index (Phi) is 5.84. The first-order valence-electron chi connectivity index (χ1n) is 8.52. The molecule has 5 heteroatoms. The van der Waals surface area contributed by atoms with E-state index in [0.717, 1.165) is 5.56 Å². The van der Waals surface area contributed by atoms with Crippen LogP contribution in [-0.2, 0) is 11.2 Å². The van der Waals surface area contributed by atoms with Gasteiger partial charge in [0.15, 0.2) is 0 Å². The predicted octanol–water partition coefficient (Wildman–Crippen LogP) is 3.90. The molecule has 0 fully saturated rings. The number of nitrogens with one attached hydrogen (secondary N) is 1. The largest absolute Gasteiger partial charge is 0.480 e. The quantitative estimate of drug-likeness (QED) is 0.669. The van der Waals surface area contributed by atoms with Gasteiger partial charge in [0.1, 0.15) is 17.5 Å². The molecule has 3 aromatic rings. The molecule has 0 saturated carbocycles. The molecule has 0 aliphatic heterocycles. The number of carbonyl (C=O) groups excluding carboxylic acids is 1. The summed E-state index contributed by atoms with van der Waals surface area (Å²) in [5.74, 6) is -0.221. The minimum atomic E-state index is -1.07. The minimum absolute atomic E-state index is 0.219. The molecule has 0 aliphatic rings. The van der Waals surface area contributed by atoms with Crippen LogP contribution < -0.4 is 10.1 Å². The van der Waals surface area contributed by atoms with E-state index in [2.05, 4.69) is 5.32 Å². The van der Waals surface area contributed by atoms with Crippen LogP contribution in [0, 0.1) is 0 Å². The Morgan fingerprint density at radius 3 is 1.96 bits per heavy atom. The number of carbonyl (C=O) groups is 2. The van der Waals surface area contributed by atoms with Crippen molar-refractivity contribution in [1.29, 1.82) is 0 Å². The molecule has 0 heterocycles. The first-order valence-corrected chi connectivity index (χ1v) is 8.52. The van der Waals surface area contributed by atoms with Gasteiger partial charge in [-0.25, -0.2) is 4.79 Å². The zero-order chi connectivity index (χ0) is 19.1. The summed E-state index contributed by atoms with van der Waals surface area (Å²) < 4.78 is 5.69. The Hall–Kier alpha value is -3.60. The molecule has 5 nitrogen and oxygen atoms in total. The zero-order valence-electron chi connectivity index (χ0n) is 14.5. The Bertz CT molecular complexity index is 893. The number of hydrogen-bond donors (Lipinski definition) is 2. The SMILES string of the molecule is O=C(NC(Cc1ccccc1)C(=O)O)c1ccc(Oc2ccccc2)cc1. The van der Waals surface area contributed by atoms with E-state index < -0.39 is 17.9 Å². The van der Waals surface area contributed by atoms with Crippen LogP contribution in [0.3, 0.4) is 0 Å². The van der Waals surface area contributed by atoms with Gasteiger partial charge in [0.25, 0.3) is 5.91 Å². The number of carboxylic acid groups (broad SMARTS) is 1. The van der Waals surface area contributed by atoms with E-state index in [1.165, 1.54) is 0 Å². The summed E-state index contributed by atoms with van der Waals surface area (Å²) in [6.45, 7) is 0. The van der Waals surface area contributed by atoms with Crippen molar-refractivity contribution in [3.05, 3.63) is 96.1 Å². The van der Waals surface area contributed by atoms with E-state index >= 15 is 0 Å². The van der Waals surface area contributed by atoms with Crippen LogP contribution in [0.1, 0.15) is 15.9 Å². The summed E-state index contributed by atoms with van der Waals surface area (Å²) in [6.07, 6.45) is 0.219. The lowest BCUT2D eigenvalue weighted by molar-refractivity contribution is -0.139. The number of aliphatic carboxylic acids is 1. The molecule has 1 atom stereocenters. The molecule has 3 aromatic carbocycles. The van der Waals surface area contributed by atoms with Gasteiger partial charge in [-0.2, -0.15) is 0 Å². The maximum atomic E-state index is 12.4. The Balaban J connectivity index is 1.64. The number of carboxylic acids is 1.